The second kappa shape index (κ2) is 5.18. The quantitative estimate of drug-likeness (QED) is 0.585. The number of rotatable bonds is 5. The number of ether oxygens (including phenoxy) is 1. The van der Waals surface area contributed by atoms with Gasteiger partial charge in [0.05, 0.1) is 7.11 Å². The fourth-order valence-electron chi connectivity index (χ4n) is 2.06. The van der Waals surface area contributed by atoms with Gasteiger partial charge in [-0.05, 0) is 12.0 Å². The van der Waals surface area contributed by atoms with Crippen molar-refractivity contribution in [2.45, 2.75) is 18.5 Å². The average Bonchev–Trinajstić information content (AvgIpc) is 3.16. The Morgan fingerprint density at radius 2 is 2.11 bits per heavy atom. The Kier molecular flexibility index (Phi) is 3.62. The summed E-state index contributed by atoms with van der Waals surface area (Å²) >= 11 is 0. The Balaban J connectivity index is 2.08. The molecule has 2 rings (SSSR count). The van der Waals surface area contributed by atoms with Gasteiger partial charge in [-0.1, -0.05) is 30.3 Å². The number of primary amides is 1. The summed E-state index contributed by atoms with van der Waals surface area (Å²) in [5.41, 5.74) is 6.26. The number of hydrogen-bond acceptors (Lipinski definition) is 4. The molecule has 18 heavy (non-hydrogen) atoms. The molecule has 3 atom stereocenters. The third-order valence-electron chi connectivity index (χ3n) is 3.12. The van der Waals surface area contributed by atoms with Crippen LogP contribution in [-0.2, 0) is 20.7 Å². The topological polar surface area (TPSA) is 72.4 Å². The molecule has 0 saturated carbocycles. The highest BCUT2D eigenvalue weighted by Crippen LogP contribution is 2.24. The van der Waals surface area contributed by atoms with E-state index in [9.17, 15) is 9.59 Å². The average molecular weight is 248 g/mol. The zero-order valence-corrected chi connectivity index (χ0v) is 10.2. The highest BCUT2D eigenvalue weighted by Gasteiger charge is 2.46. The van der Waals surface area contributed by atoms with Gasteiger partial charge in [0.1, 0.15) is 12.1 Å². The fraction of sp³-hybridized carbons (Fsp3) is 0.385. The van der Waals surface area contributed by atoms with Gasteiger partial charge in [0.2, 0.25) is 5.91 Å². The number of carbonyl (C=O) groups excluding carboxylic acids is 2. The van der Waals surface area contributed by atoms with E-state index in [1.807, 2.05) is 30.3 Å². The lowest BCUT2D eigenvalue weighted by Gasteiger charge is -2.16. The van der Waals surface area contributed by atoms with E-state index >= 15 is 0 Å². The third-order valence-corrected chi connectivity index (χ3v) is 3.12. The van der Waals surface area contributed by atoms with Crippen molar-refractivity contribution in [2.75, 3.05) is 13.7 Å². The Morgan fingerprint density at radius 3 is 2.61 bits per heavy atom. The lowest BCUT2D eigenvalue weighted by Crippen LogP contribution is -2.36. The third kappa shape index (κ3) is 2.68. The van der Waals surface area contributed by atoms with E-state index in [0.717, 1.165) is 5.56 Å². The maximum Gasteiger partial charge on any atom is 0.323 e. The molecule has 96 valence electrons. The standard InChI is InChI=1S/C13H16N2O3/c1-18-13(17)10(15-8-11(15)12(14)16)7-9-5-3-2-4-6-9/h2-6,10-11H,7-8H2,1H3,(H2,14,16). The van der Waals surface area contributed by atoms with E-state index in [-0.39, 0.29) is 12.0 Å². The van der Waals surface area contributed by atoms with Gasteiger partial charge in [-0.3, -0.25) is 14.5 Å². The van der Waals surface area contributed by atoms with Gasteiger partial charge in [-0.25, -0.2) is 0 Å². The van der Waals surface area contributed by atoms with Crippen LogP contribution in [0.1, 0.15) is 5.56 Å². The number of carbonyl (C=O) groups is 2. The molecule has 2 N–H and O–H groups in total. The minimum Gasteiger partial charge on any atom is -0.468 e. The van der Waals surface area contributed by atoms with Crippen LogP contribution in [0.25, 0.3) is 0 Å². The second-order valence-corrected chi connectivity index (χ2v) is 4.34. The zero-order valence-electron chi connectivity index (χ0n) is 10.2. The Hall–Kier alpha value is -1.88. The number of hydrogen-bond donors (Lipinski definition) is 1. The molecule has 1 saturated heterocycles. The van der Waals surface area contributed by atoms with Crippen molar-refractivity contribution in [3.63, 3.8) is 0 Å². The van der Waals surface area contributed by atoms with Crippen molar-refractivity contribution < 1.29 is 14.3 Å². The molecule has 0 aromatic heterocycles. The summed E-state index contributed by atoms with van der Waals surface area (Å²) in [6.07, 6.45) is 0.525. The molecule has 1 heterocycles. The predicted octanol–water partition coefficient (Wildman–Crippen LogP) is -0.0598. The Bertz CT molecular complexity index is 447. The lowest BCUT2D eigenvalue weighted by molar-refractivity contribution is -0.145. The molecule has 1 aliphatic rings. The van der Waals surface area contributed by atoms with E-state index in [1.54, 1.807) is 4.90 Å². The van der Waals surface area contributed by atoms with Crippen LogP contribution in [0.5, 0.6) is 0 Å². The van der Waals surface area contributed by atoms with Gasteiger partial charge >= 0.3 is 5.97 Å². The molecule has 1 aliphatic heterocycles. The van der Waals surface area contributed by atoms with Gasteiger partial charge in [0, 0.05) is 6.54 Å². The number of benzene rings is 1. The first-order chi connectivity index (χ1) is 8.63. The molecule has 1 aromatic carbocycles. The van der Waals surface area contributed by atoms with Crippen LogP contribution in [0.4, 0.5) is 0 Å². The highest BCUT2D eigenvalue weighted by molar-refractivity contribution is 5.85. The minimum atomic E-state index is -0.435. The van der Waals surface area contributed by atoms with E-state index in [4.69, 9.17) is 10.5 Å². The summed E-state index contributed by atoms with van der Waals surface area (Å²) in [5, 5.41) is 0. The smallest absolute Gasteiger partial charge is 0.323 e. The minimum absolute atomic E-state index is 0.331. The summed E-state index contributed by atoms with van der Waals surface area (Å²) in [7, 11) is 1.35. The summed E-state index contributed by atoms with van der Waals surface area (Å²) in [6.45, 7) is 0.530. The summed E-state index contributed by atoms with van der Waals surface area (Å²) < 4.78 is 4.78. The van der Waals surface area contributed by atoms with Gasteiger partial charge in [0.15, 0.2) is 0 Å². The van der Waals surface area contributed by atoms with E-state index in [0.29, 0.717) is 13.0 Å². The summed E-state index contributed by atoms with van der Waals surface area (Å²) in [5.74, 6) is -0.723. The zero-order chi connectivity index (χ0) is 13.1. The molecule has 3 unspecified atom stereocenters. The van der Waals surface area contributed by atoms with Gasteiger partial charge in [-0.15, -0.1) is 0 Å². The van der Waals surface area contributed by atoms with Crippen molar-refractivity contribution >= 4 is 11.9 Å². The number of nitrogens with zero attached hydrogens (tertiary/aromatic N) is 1. The van der Waals surface area contributed by atoms with Gasteiger partial charge < -0.3 is 10.5 Å². The maximum atomic E-state index is 11.7. The molecule has 0 aliphatic carbocycles. The highest BCUT2D eigenvalue weighted by atomic mass is 16.5. The van der Waals surface area contributed by atoms with E-state index in [1.165, 1.54) is 7.11 Å². The molecule has 0 bridgehead atoms. The second-order valence-electron chi connectivity index (χ2n) is 4.34. The normalized spacial score (nSPS) is 23.2. The molecule has 5 nitrogen and oxygen atoms in total. The monoisotopic (exact) mass is 248 g/mol. The molecular weight excluding hydrogens is 232 g/mol. The van der Waals surface area contributed by atoms with Crippen molar-refractivity contribution in [2.24, 2.45) is 5.73 Å². The molecule has 0 spiro atoms. The van der Waals surface area contributed by atoms with Crippen LogP contribution in [-0.4, -0.2) is 42.5 Å². The van der Waals surface area contributed by atoms with Crippen LogP contribution >= 0.6 is 0 Å². The summed E-state index contributed by atoms with van der Waals surface area (Å²) in [4.78, 5) is 24.6. The fourth-order valence-corrected chi connectivity index (χ4v) is 2.06. The molecule has 0 radical (unpaired) electrons. The number of methoxy groups -OCH3 is 1. The molecule has 1 fully saturated rings. The number of amides is 1. The summed E-state index contributed by atoms with van der Waals surface area (Å²) in [6, 6.07) is 8.86. The van der Waals surface area contributed by atoms with Crippen LogP contribution in [0.2, 0.25) is 0 Å². The van der Waals surface area contributed by atoms with Crippen molar-refractivity contribution in [1.82, 2.24) is 4.90 Å². The van der Waals surface area contributed by atoms with Gasteiger partial charge in [-0.2, -0.15) is 0 Å². The van der Waals surface area contributed by atoms with Crippen molar-refractivity contribution in [3.05, 3.63) is 35.9 Å². The van der Waals surface area contributed by atoms with Gasteiger partial charge in [0.25, 0.3) is 0 Å². The molecule has 5 heteroatoms. The number of nitrogens with two attached hydrogens (primary N) is 1. The first kappa shape index (κ1) is 12.6. The molecule has 1 amide bonds. The van der Waals surface area contributed by atoms with Crippen molar-refractivity contribution in [3.8, 4) is 0 Å². The van der Waals surface area contributed by atoms with E-state index < -0.39 is 11.9 Å². The van der Waals surface area contributed by atoms with Crippen LogP contribution in [0.15, 0.2) is 30.3 Å². The lowest BCUT2D eigenvalue weighted by atomic mass is 10.1. The first-order valence-electron chi connectivity index (χ1n) is 5.80. The van der Waals surface area contributed by atoms with Crippen molar-refractivity contribution in [1.29, 1.82) is 0 Å². The van der Waals surface area contributed by atoms with Crippen LogP contribution < -0.4 is 5.73 Å². The van der Waals surface area contributed by atoms with Crippen LogP contribution in [0.3, 0.4) is 0 Å². The largest absolute Gasteiger partial charge is 0.468 e. The predicted molar refractivity (Wildman–Crippen MR) is 65.6 cm³/mol. The SMILES string of the molecule is COC(=O)C(Cc1ccccc1)N1CC1C(N)=O. The van der Waals surface area contributed by atoms with E-state index in [2.05, 4.69) is 0 Å². The number of esters is 1. The Labute approximate surface area is 106 Å². The van der Waals surface area contributed by atoms with Crippen LogP contribution in [0, 0.1) is 0 Å². The Morgan fingerprint density at radius 1 is 1.44 bits per heavy atom. The molecular formula is C13H16N2O3. The maximum absolute atomic E-state index is 11.7. The first-order valence-corrected chi connectivity index (χ1v) is 5.80. The molecule has 1 aromatic rings.